The van der Waals surface area contributed by atoms with E-state index in [-0.39, 0.29) is 28.8 Å². The fraction of sp³-hybridized carbons (Fsp3) is 0.0769. The summed E-state index contributed by atoms with van der Waals surface area (Å²) < 4.78 is 38.2. The predicted molar refractivity (Wildman–Crippen MR) is 71.0 cm³/mol. The average Bonchev–Trinajstić information content (AvgIpc) is 2.50. The van der Waals surface area contributed by atoms with E-state index >= 15 is 0 Å². The third kappa shape index (κ3) is 2.15. The zero-order chi connectivity index (χ0) is 15.9. The summed E-state index contributed by atoms with van der Waals surface area (Å²) in [7, 11) is 0. The van der Waals surface area contributed by atoms with Crippen molar-refractivity contribution in [1.29, 1.82) is 5.26 Å². The van der Waals surface area contributed by atoms with Crippen LogP contribution in [0.5, 0.6) is 0 Å². The van der Waals surface area contributed by atoms with Crippen LogP contribution in [0.2, 0.25) is 0 Å². The molecule has 0 aliphatic carbocycles. The molecule has 3 rings (SSSR count). The standard InChI is InChI=1S/C13H5F3N6/c1-18-10-9(5-17)21-11-12(22-10)20-8-4-6(13(14,15)16)2-3-7(8)19-11/h2-4H,(H,19,21)(H,20,22). The van der Waals surface area contributed by atoms with Crippen molar-refractivity contribution in [2.45, 2.75) is 6.18 Å². The van der Waals surface area contributed by atoms with Gasteiger partial charge in [0.1, 0.15) is 6.07 Å². The number of nitrogens with zero attached hydrogens (tertiary/aromatic N) is 4. The molecule has 0 radical (unpaired) electrons. The topological polar surface area (TPSA) is 78.0 Å². The van der Waals surface area contributed by atoms with Crippen molar-refractivity contribution in [3.63, 3.8) is 0 Å². The summed E-state index contributed by atoms with van der Waals surface area (Å²) in [4.78, 5) is 10.9. The van der Waals surface area contributed by atoms with Crippen molar-refractivity contribution in [1.82, 2.24) is 9.97 Å². The molecule has 2 N–H and O–H groups in total. The number of halogens is 3. The summed E-state index contributed by atoms with van der Waals surface area (Å²) in [5, 5.41) is 14.4. The number of rotatable bonds is 0. The van der Waals surface area contributed by atoms with Crippen LogP contribution in [0.25, 0.3) is 4.85 Å². The van der Waals surface area contributed by atoms with E-state index in [9.17, 15) is 13.2 Å². The third-order valence-corrected chi connectivity index (χ3v) is 2.94. The Morgan fingerprint density at radius 1 is 1.14 bits per heavy atom. The molecule has 1 aromatic heterocycles. The van der Waals surface area contributed by atoms with E-state index in [1.54, 1.807) is 6.07 Å². The van der Waals surface area contributed by atoms with E-state index in [0.29, 0.717) is 5.69 Å². The largest absolute Gasteiger partial charge is 0.416 e. The Morgan fingerprint density at radius 2 is 1.82 bits per heavy atom. The Balaban J connectivity index is 2.07. The van der Waals surface area contributed by atoms with Crippen LogP contribution in [0.4, 0.5) is 42.0 Å². The summed E-state index contributed by atoms with van der Waals surface area (Å²) in [6.07, 6.45) is -4.46. The molecule has 2 aromatic rings. The maximum atomic E-state index is 12.7. The van der Waals surface area contributed by atoms with Gasteiger partial charge in [-0.3, -0.25) is 0 Å². The predicted octanol–water partition coefficient (Wildman–Crippen LogP) is 3.72. The van der Waals surface area contributed by atoms with Crippen LogP contribution >= 0.6 is 0 Å². The molecular weight excluding hydrogens is 297 g/mol. The van der Waals surface area contributed by atoms with Gasteiger partial charge in [0.15, 0.2) is 11.5 Å². The minimum absolute atomic E-state index is 0.0943. The number of hydrogen-bond donors (Lipinski definition) is 2. The first-order valence-electron chi connectivity index (χ1n) is 5.87. The van der Waals surface area contributed by atoms with Gasteiger partial charge in [0.25, 0.3) is 5.82 Å². The van der Waals surface area contributed by atoms with E-state index in [1.807, 2.05) is 0 Å². The van der Waals surface area contributed by atoms with Gasteiger partial charge in [-0.1, -0.05) is 11.6 Å². The molecule has 6 nitrogen and oxygen atoms in total. The zero-order valence-corrected chi connectivity index (χ0v) is 10.7. The van der Waals surface area contributed by atoms with Crippen LogP contribution in [-0.4, -0.2) is 9.97 Å². The molecule has 1 aliphatic heterocycles. The lowest BCUT2D eigenvalue weighted by atomic mass is 10.1. The Morgan fingerprint density at radius 3 is 2.45 bits per heavy atom. The summed E-state index contributed by atoms with van der Waals surface area (Å²) in [5.74, 6) is 0.0546. The lowest BCUT2D eigenvalue weighted by Crippen LogP contribution is -2.12. The Kier molecular flexibility index (Phi) is 2.85. The first kappa shape index (κ1) is 13.6. The average molecular weight is 302 g/mol. The van der Waals surface area contributed by atoms with Crippen molar-refractivity contribution < 1.29 is 13.2 Å². The van der Waals surface area contributed by atoms with Gasteiger partial charge in [-0.25, -0.2) is 4.98 Å². The Labute approximate surface area is 122 Å². The number of aromatic nitrogens is 2. The highest BCUT2D eigenvalue weighted by atomic mass is 19.4. The highest BCUT2D eigenvalue weighted by Crippen LogP contribution is 2.40. The normalized spacial score (nSPS) is 12.0. The van der Waals surface area contributed by atoms with Gasteiger partial charge in [0.2, 0.25) is 0 Å². The monoisotopic (exact) mass is 302 g/mol. The van der Waals surface area contributed by atoms with E-state index in [0.717, 1.165) is 12.1 Å². The van der Waals surface area contributed by atoms with E-state index in [2.05, 4.69) is 25.4 Å². The molecule has 1 aromatic carbocycles. The fourth-order valence-corrected chi connectivity index (χ4v) is 1.94. The molecule has 9 heteroatoms. The highest BCUT2D eigenvalue weighted by molar-refractivity contribution is 5.88. The van der Waals surface area contributed by atoms with Crippen molar-refractivity contribution >= 4 is 28.8 Å². The van der Waals surface area contributed by atoms with Crippen LogP contribution in [-0.2, 0) is 6.18 Å². The van der Waals surface area contributed by atoms with Gasteiger partial charge in [-0.15, -0.1) is 0 Å². The third-order valence-electron chi connectivity index (χ3n) is 2.94. The number of fused-ring (bicyclic) bond motifs is 2. The number of hydrogen-bond acceptors (Lipinski definition) is 5. The van der Waals surface area contributed by atoms with Crippen molar-refractivity contribution in [2.75, 3.05) is 10.6 Å². The van der Waals surface area contributed by atoms with Crippen molar-refractivity contribution in [3.8, 4) is 6.07 Å². The second kappa shape index (κ2) is 4.60. The number of benzene rings is 1. The lowest BCUT2D eigenvalue weighted by molar-refractivity contribution is -0.137. The second-order valence-electron chi connectivity index (χ2n) is 4.32. The smallest absolute Gasteiger partial charge is 0.358 e. The summed E-state index contributed by atoms with van der Waals surface area (Å²) in [5.41, 5.74) is -0.430. The molecular formula is C13H5F3N6. The molecule has 0 atom stereocenters. The molecule has 0 fully saturated rings. The van der Waals surface area contributed by atoms with E-state index in [1.165, 1.54) is 6.07 Å². The zero-order valence-electron chi connectivity index (χ0n) is 10.7. The van der Waals surface area contributed by atoms with Crippen molar-refractivity contribution in [2.24, 2.45) is 0 Å². The molecule has 22 heavy (non-hydrogen) atoms. The molecule has 0 saturated heterocycles. The van der Waals surface area contributed by atoms with Gasteiger partial charge in [0, 0.05) is 0 Å². The first-order valence-corrected chi connectivity index (χ1v) is 5.87. The molecule has 108 valence electrons. The molecule has 0 bridgehead atoms. The molecule has 0 unspecified atom stereocenters. The molecule has 0 amide bonds. The number of alkyl halides is 3. The maximum absolute atomic E-state index is 12.7. The van der Waals surface area contributed by atoms with Gasteiger partial charge in [0.05, 0.1) is 16.9 Å². The second-order valence-corrected chi connectivity index (χ2v) is 4.32. The number of nitriles is 1. The van der Waals surface area contributed by atoms with Crippen LogP contribution < -0.4 is 10.6 Å². The summed E-state index contributed by atoms with van der Waals surface area (Å²) in [6, 6.07) is 4.87. The molecule has 2 heterocycles. The SMILES string of the molecule is [C-]#[N+]c1nc2c(nc1C#N)Nc1ccc(C(F)(F)F)cc1N2. The summed E-state index contributed by atoms with van der Waals surface area (Å²) >= 11 is 0. The lowest BCUT2D eigenvalue weighted by Gasteiger charge is -2.20. The van der Waals surface area contributed by atoms with Gasteiger partial charge in [-0.05, 0) is 18.2 Å². The van der Waals surface area contributed by atoms with Crippen molar-refractivity contribution in [3.05, 3.63) is 40.9 Å². The summed E-state index contributed by atoms with van der Waals surface area (Å²) in [6.45, 7) is 6.94. The number of nitrogens with one attached hydrogen (secondary N) is 2. The maximum Gasteiger partial charge on any atom is 0.416 e. The van der Waals surface area contributed by atoms with Gasteiger partial charge < -0.3 is 15.5 Å². The van der Waals surface area contributed by atoms with Crippen LogP contribution in [0.3, 0.4) is 0 Å². The Bertz CT molecular complexity index is 860. The highest BCUT2D eigenvalue weighted by Gasteiger charge is 2.32. The molecule has 1 aliphatic rings. The minimum Gasteiger partial charge on any atom is -0.358 e. The first-order chi connectivity index (χ1) is 10.4. The van der Waals surface area contributed by atoms with Crippen LogP contribution in [0, 0.1) is 17.9 Å². The number of anilines is 4. The van der Waals surface area contributed by atoms with Gasteiger partial charge >= 0.3 is 12.0 Å². The van der Waals surface area contributed by atoms with E-state index < -0.39 is 11.7 Å². The minimum atomic E-state index is -4.46. The fourth-order valence-electron chi connectivity index (χ4n) is 1.94. The Hall–Kier alpha value is -3.33. The van der Waals surface area contributed by atoms with Crippen LogP contribution in [0.1, 0.15) is 11.3 Å². The molecule has 0 saturated carbocycles. The quantitative estimate of drug-likeness (QED) is 0.619. The van der Waals surface area contributed by atoms with Crippen LogP contribution in [0.15, 0.2) is 18.2 Å². The van der Waals surface area contributed by atoms with Gasteiger partial charge in [-0.2, -0.15) is 18.4 Å². The van der Waals surface area contributed by atoms with E-state index in [4.69, 9.17) is 11.8 Å². The molecule has 0 spiro atoms.